The van der Waals surface area contributed by atoms with E-state index in [1.54, 1.807) is 0 Å². The molecular weight excluding hydrogens is 490 g/mol. The molecule has 0 N–H and O–H groups in total. The van der Waals surface area contributed by atoms with Gasteiger partial charge in [0.1, 0.15) is 11.3 Å². The lowest BCUT2D eigenvalue weighted by Gasteiger charge is -2.48. The molecule has 2 aliphatic heterocycles. The standard InChI is InChI=1S/C37H23NO2/c1-2-12-24(13-3-1)38-31-18-8-5-15-27(31)37(28-16-6-9-19-32(28)38)29-17-7-11-21-34(29)40-36-30(37)23-22-26-25-14-4-10-20-33(25)39-35(26)36/h1-23H. The maximum absolute atomic E-state index is 6.78. The van der Waals surface area contributed by atoms with Crippen LogP contribution < -0.4 is 9.64 Å². The third-order valence-corrected chi connectivity index (χ3v) is 8.52. The molecule has 0 unspecified atom stereocenters. The van der Waals surface area contributed by atoms with Crippen molar-refractivity contribution in [2.75, 3.05) is 4.90 Å². The smallest absolute Gasteiger partial charge is 0.178 e. The van der Waals surface area contributed by atoms with Crippen LogP contribution in [-0.2, 0) is 5.41 Å². The Morgan fingerprint density at radius 3 is 1.88 bits per heavy atom. The molecule has 7 aromatic rings. The molecule has 1 spiro atoms. The van der Waals surface area contributed by atoms with Crippen LogP contribution in [0.2, 0.25) is 0 Å². The van der Waals surface area contributed by atoms with Gasteiger partial charge in [0, 0.05) is 27.6 Å². The molecule has 0 amide bonds. The van der Waals surface area contributed by atoms with Crippen LogP contribution in [0.5, 0.6) is 11.5 Å². The van der Waals surface area contributed by atoms with Gasteiger partial charge in [-0.25, -0.2) is 0 Å². The van der Waals surface area contributed by atoms with E-state index in [1.165, 1.54) is 11.1 Å². The molecule has 0 saturated heterocycles. The molecule has 0 bridgehead atoms. The summed E-state index contributed by atoms with van der Waals surface area (Å²) in [5.41, 5.74) is 9.13. The Balaban J connectivity index is 1.47. The Morgan fingerprint density at radius 2 is 1.10 bits per heavy atom. The topological polar surface area (TPSA) is 25.6 Å². The van der Waals surface area contributed by atoms with Gasteiger partial charge in [-0.1, -0.05) is 97.1 Å². The maximum atomic E-state index is 6.78. The molecule has 2 aliphatic rings. The van der Waals surface area contributed by atoms with Crippen molar-refractivity contribution in [1.82, 2.24) is 0 Å². The van der Waals surface area contributed by atoms with Crippen molar-refractivity contribution in [3.8, 4) is 11.5 Å². The summed E-state index contributed by atoms with van der Waals surface area (Å²) in [7, 11) is 0. The van der Waals surface area contributed by atoms with E-state index < -0.39 is 5.41 Å². The number of hydrogen-bond acceptors (Lipinski definition) is 3. The first-order valence-corrected chi connectivity index (χ1v) is 13.6. The molecule has 40 heavy (non-hydrogen) atoms. The van der Waals surface area contributed by atoms with Crippen LogP contribution in [0, 0.1) is 0 Å². The average molecular weight is 514 g/mol. The summed E-state index contributed by atoms with van der Waals surface area (Å²) in [6.07, 6.45) is 0. The van der Waals surface area contributed by atoms with Gasteiger partial charge in [-0.05, 0) is 53.6 Å². The van der Waals surface area contributed by atoms with Crippen molar-refractivity contribution in [3.63, 3.8) is 0 Å². The van der Waals surface area contributed by atoms with Crippen LogP contribution in [0.25, 0.3) is 21.9 Å². The van der Waals surface area contributed by atoms with E-state index in [0.29, 0.717) is 0 Å². The molecule has 1 aromatic heterocycles. The van der Waals surface area contributed by atoms with E-state index >= 15 is 0 Å². The zero-order valence-electron chi connectivity index (χ0n) is 21.5. The molecule has 3 heteroatoms. The quantitative estimate of drug-likeness (QED) is 0.218. The monoisotopic (exact) mass is 513 g/mol. The SMILES string of the molecule is c1ccc(N2c3ccccc3C3(c4ccccc4Oc4c3ccc3c4oc4ccccc43)c3ccccc32)cc1. The molecule has 0 fully saturated rings. The number of fused-ring (bicyclic) bond motifs is 12. The minimum absolute atomic E-state index is 0.601. The molecule has 0 saturated carbocycles. The third-order valence-electron chi connectivity index (χ3n) is 8.52. The van der Waals surface area contributed by atoms with E-state index in [-0.39, 0.29) is 0 Å². The molecule has 188 valence electrons. The largest absolute Gasteiger partial charge is 0.453 e. The number of benzene rings is 6. The van der Waals surface area contributed by atoms with Crippen LogP contribution in [0.15, 0.2) is 144 Å². The predicted octanol–water partition coefficient (Wildman–Crippen LogP) is 9.86. The normalized spacial score (nSPS) is 14.3. The first kappa shape index (κ1) is 21.6. The second-order valence-electron chi connectivity index (χ2n) is 10.5. The van der Waals surface area contributed by atoms with Crippen LogP contribution in [0.4, 0.5) is 17.1 Å². The van der Waals surface area contributed by atoms with Crippen LogP contribution in [0.3, 0.4) is 0 Å². The fraction of sp³-hybridized carbons (Fsp3) is 0.0270. The van der Waals surface area contributed by atoms with E-state index in [4.69, 9.17) is 9.15 Å². The highest BCUT2D eigenvalue weighted by Gasteiger charge is 2.51. The van der Waals surface area contributed by atoms with Gasteiger partial charge in [0.25, 0.3) is 0 Å². The summed E-state index contributed by atoms with van der Waals surface area (Å²) in [4.78, 5) is 2.38. The van der Waals surface area contributed by atoms with Crippen LogP contribution >= 0.6 is 0 Å². The highest BCUT2D eigenvalue weighted by atomic mass is 16.5. The highest BCUT2D eigenvalue weighted by molar-refractivity contribution is 6.08. The second-order valence-corrected chi connectivity index (χ2v) is 10.5. The molecule has 0 atom stereocenters. The van der Waals surface area contributed by atoms with E-state index in [9.17, 15) is 0 Å². The lowest BCUT2D eigenvalue weighted by Crippen LogP contribution is -2.39. The van der Waals surface area contributed by atoms with Gasteiger partial charge in [-0.2, -0.15) is 0 Å². The summed E-state index contributed by atoms with van der Waals surface area (Å²) in [5, 5.41) is 2.16. The maximum Gasteiger partial charge on any atom is 0.178 e. The van der Waals surface area contributed by atoms with Crippen LogP contribution in [-0.4, -0.2) is 0 Å². The van der Waals surface area contributed by atoms with Gasteiger partial charge in [-0.15, -0.1) is 0 Å². The van der Waals surface area contributed by atoms with Crippen LogP contribution in [0.1, 0.15) is 22.3 Å². The number of furan rings is 1. The van der Waals surface area contributed by atoms with Crippen molar-refractivity contribution in [3.05, 3.63) is 162 Å². The second kappa shape index (κ2) is 7.87. The third kappa shape index (κ3) is 2.64. The summed E-state index contributed by atoms with van der Waals surface area (Å²) < 4.78 is 13.3. The van der Waals surface area contributed by atoms with Gasteiger partial charge in [0.15, 0.2) is 11.3 Å². The Labute approximate surface area is 231 Å². The summed E-state index contributed by atoms with van der Waals surface area (Å²) in [6.45, 7) is 0. The van der Waals surface area contributed by atoms with Crippen molar-refractivity contribution < 1.29 is 9.15 Å². The molecule has 3 heterocycles. The van der Waals surface area contributed by atoms with Gasteiger partial charge < -0.3 is 14.1 Å². The number of nitrogens with zero attached hydrogens (tertiary/aromatic N) is 1. The first-order valence-electron chi connectivity index (χ1n) is 13.6. The Hall–Kier alpha value is -5.28. The molecule has 0 radical (unpaired) electrons. The predicted molar refractivity (Wildman–Crippen MR) is 160 cm³/mol. The first-order chi connectivity index (χ1) is 19.9. The fourth-order valence-electron chi connectivity index (χ4n) is 6.96. The number of para-hydroxylation sites is 5. The van der Waals surface area contributed by atoms with E-state index in [1.807, 2.05) is 18.2 Å². The molecule has 0 aliphatic carbocycles. The molecule has 9 rings (SSSR count). The minimum Gasteiger partial charge on any atom is -0.453 e. The summed E-state index contributed by atoms with van der Waals surface area (Å²) >= 11 is 0. The number of ether oxygens (including phenoxy) is 1. The minimum atomic E-state index is -0.601. The molecule has 6 aromatic carbocycles. The van der Waals surface area contributed by atoms with Gasteiger partial charge in [0.2, 0.25) is 0 Å². The zero-order chi connectivity index (χ0) is 26.3. The number of anilines is 3. The average Bonchev–Trinajstić information content (AvgIpc) is 3.41. The van der Waals surface area contributed by atoms with E-state index in [0.717, 1.165) is 61.6 Å². The van der Waals surface area contributed by atoms with E-state index in [2.05, 4.69) is 126 Å². The Bertz CT molecular complexity index is 2060. The number of rotatable bonds is 1. The summed E-state index contributed by atoms with van der Waals surface area (Å²) in [6, 6.07) is 49.3. The molecule has 3 nitrogen and oxygen atoms in total. The van der Waals surface area contributed by atoms with Crippen molar-refractivity contribution in [1.29, 1.82) is 0 Å². The van der Waals surface area contributed by atoms with Crippen molar-refractivity contribution >= 4 is 39.0 Å². The Morgan fingerprint density at radius 1 is 0.475 bits per heavy atom. The van der Waals surface area contributed by atoms with Gasteiger partial charge in [-0.3, -0.25) is 0 Å². The Kier molecular flexibility index (Phi) is 4.26. The number of hydrogen-bond donors (Lipinski definition) is 0. The summed E-state index contributed by atoms with van der Waals surface area (Å²) in [5.74, 6) is 1.63. The highest BCUT2D eigenvalue weighted by Crippen LogP contribution is 2.63. The fourth-order valence-corrected chi connectivity index (χ4v) is 6.96. The lowest BCUT2D eigenvalue weighted by molar-refractivity contribution is 0.430. The van der Waals surface area contributed by atoms with Crippen molar-refractivity contribution in [2.24, 2.45) is 0 Å². The van der Waals surface area contributed by atoms with Gasteiger partial charge in [0.05, 0.1) is 16.8 Å². The van der Waals surface area contributed by atoms with Crippen molar-refractivity contribution in [2.45, 2.75) is 5.41 Å². The van der Waals surface area contributed by atoms with Gasteiger partial charge >= 0.3 is 0 Å². The zero-order valence-corrected chi connectivity index (χ0v) is 21.5. The molecular formula is C37H23NO2. The lowest BCUT2D eigenvalue weighted by atomic mass is 9.61.